The monoisotopic (exact) mass is 236 g/mol. The molecule has 0 aliphatic carbocycles. The second kappa shape index (κ2) is 6.03. The molecule has 0 spiro atoms. The molecule has 0 aromatic rings. The standard InChI is InChI=1S/C8H12O8/c1-3(5(9)10)4(6(11)12)16-8(15-2)7(13)14/h3-4,8H,1-2H3,(H,9,10)(H,11,12)(H,13,14). The molecule has 3 N–H and O–H groups in total. The van der Waals surface area contributed by atoms with Crippen LogP contribution in [0.1, 0.15) is 6.92 Å². The van der Waals surface area contributed by atoms with E-state index in [9.17, 15) is 14.4 Å². The summed E-state index contributed by atoms with van der Waals surface area (Å²) in [7, 11) is 1.00. The molecule has 3 atom stereocenters. The Balaban J connectivity index is 4.74. The van der Waals surface area contributed by atoms with Crippen LogP contribution in [0.2, 0.25) is 0 Å². The van der Waals surface area contributed by atoms with Gasteiger partial charge in [0.2, 0.25) is 0 Å². The summed E-state index contributed by atoms with van der Waals surface area (Å²) in [6.45, 7) is 1.09. The highest BCUT2D eigenvalue weighted by Crippen LogP contribution is 2.11. The molecular formula is C8H12O8. The predicted octanol–water partition coefficient (Wildman–Crippen LogP) is -0.766. The average Bonchev–Trinajstić information content (AvgIpc) is 2.17. The Labute approximate surface area is 90.4 Å². The highest BCUT2D eigenvalue weighted by molar-refractivity contribution is 5.82. The fourth-order valence-corrected chi connectivity index (χ4v) is 0.867. The zero-order valence-corrected chi connectivity index (χ0v) is 8.61. The first-order valence-electron chi connectivity index (χ1n) is 4.18. The molecule has 8 heteroatoms. The Hall–Kier alpha value is -1.67. The van der Waals surface area contributed by atoms with E-state index in [-0.39, 0.29) is 0 Å². The van der Waals surface area contributed by atoms with Crippen LogP contribution >= 0.6 is 0 Å². The molecule has 0 bridgehead atoms. The van der Waals surface area contributed by atoms with Crippen molar-refractivity contribution in [1.29, 1.82) is 0 Å². The van der Waals surface area contributed by atoms with Crippen molar-refractivity contribution in [3.63, 3.8) is 0 Å². The summed E-state index contributed by atoms with van der Waals surface area (Å²) in [6, 6.07) is 0. The number of rotatable bonds is 7. The molecule has 92 valence electrons. The van der Waals surface area contributed by atoms with Crippen molar-refractivity contribution in [2.24, 2.45) is 5.92 Å². The van der Waals surface area contributed by atoms with Crippen molar-refractivity contribution in [2.45, 2.75) is 19.3 Å². The van der Waals surface area contributed by atoms with Crippen molar-refractivity contribution >= 4 is 17.9 Å². The second-order valence-electron chi connectivity index (χ2n) is 2.93. The van der Waals surface area contributed by atoms with Gasteiger partial charge in [-0.15, -0.1) is 0 Å². The highest BCUT2D eigenvalue weighted by Gasteiger charge is 2.35. The average molecular weight is 236 g/mol. The lowest BCUT2D eigenvalue weighted by molar-refractivity contribution is -0.207. The highest BCUT2D eigenvalue weighted by atomic mass is 16.7. The van der Waals surface area contributed by atoms with Crippen LogP contribution in [0, 0.1) is 5.92 Å². The minimum Gasteiger partial charge on any atom is -0.481 e. The number of hydrogen-bond acceptors (Lipinski definition) is 5. The first kappa shape index (κ1) is 14.3. The molecule has 0 aromatic carbocycles. The zero-order valence-electron chi connectivity index (χ0n) is 8.61. The molecule has 0 fully saturated rings. The minimum atomic E-state index is -1.82. The number of aliphatic carboxylic acids is 3. The van der Waals surface area contributed by atoms with E-state index in [1.807, 2.05) is 0 Å². The summed E-state index contributed by atoms with van der Waals surface area (Å²) in [5.74, 6) is -5.91. The molecule has 8 nitrogen and oxygen atoms in total. The number of hydrogen-bond donors (Lipinski definition) is 3. The quantitative estimate of drug-likeness (QED) is 0.491. The maximum atomic E-state index is 10.7. The van der Waals surface area contributed by atoms with E-state index in [4.69, 9.17) is 15.3 Å². The first-order valence-corrected chi connectivity index (χ1v) is 4.18. The fraction of sp³-hybridized carbons (Fsp3) is 0.625. The van der Waals surface area contributed by atoms with Crippen LogP contribution in [0.25, 0.3) is 0 Å². The summed E-state index contributed by atoms with van der Waals surface area (Å²) in [4.78, 5) is 31.7. The third-order valence-electron chi connectivity index (χ3n) is 1.77. The lowest BCUT2D eigenvalue weighted by Crippen LogP contribution is -2.41. The molecule has 0 saturated heterocycles. The fourth-order valence-electron chi connectivity index (χ4n) is 0.867. The van der Waals surface area contributed by atoms with Crippen molar-refractivity contribution in [1.82, 2.24) is 0 Å². The first-order chi connectivity index (χ1) is 7.31. The number of ether oxygens (including phenoxy) is 2. The Morgan fingerprint density at radius 2 is 1.50 bits per heavy atom. The van der Waals surface area contributed by atoms with E-state index >= 15 is 0 Å². The number of carboxylic acids is 3. The number of carboxylic acid groups (broad SMARTS) is 3. The number of methoxy groups -OCH3 is 1. The minimum absolute atomic E-state index is 1.00. The predicted molar refractivity (Wildman–Crippen MR) is 47.7 cm³/mol. The van der Waals surface area contributed by atoms with Crippen LogP contribution in [0.4, 0.5) is 0 Å². The molecule has 0 saturated carbocycles. The molecule has 0 aromatic heterocycles. The van der Waals surface area contributed by atoms with Gasteiger partial charge in [-0.3, -0.25) is 4.79 Å². The van der Waals surface area contributed by atoms with Gasteiger partial charge in [0, 0.05) is 7.11 Å². The van der Waals surface area contributed by atoms with Gasteiger partial charge in [0.25, 0.3) is 6.29 Å². The van der Waals surface area contributed by atoms with Gasteiger partial charge in [-0.25, -0.2) is 9.59 Å². The molecule has 0 amide bonds. The summed E-state index contributed by atoms with van der Waals surface area (Å²) < 4.78 is 8.89. The smallest absolute Gasteiger partial charge is 0.361 e. The lowest BCUT2D eigenvalue weighted by Gasteiger charge is -2.20. The SMILES string of the molecule is COC(OC(C(=O)O)C(C)C(=O)O)C(=O)O. The van der Waals surface area contributed by atoms with Gasteiger partial charge in [0.05, 0.1) is 5.92 Å². The molecule has 0 radical (unpaired) electrons. The van der Waals surface area contributed by atoms with E-state index < -0.39 is 36.2 Å². The van der Waals surface area contributed by atoms with Gasteiger partial charge >= 0.3 is 17.9 Å². The van der Waals surface area contributed by atoms with Crippen molar-refractivity contribution in [3.05, 3.63) is 0 Å². The zero-order chi connectivity index (χ0) is 12.9. The van der Waals surface area contributed by atoms with E-state index in [0.717, 1.165) is 14.0 Å². The molecular weight excluding hydrogens is 224 g/mol. The number of carbonyl (C=O) groups is 3. The molecule has 0 aliphatic rings. The largest absolute Gasteiger partial charge is 0.481 e. The van der Waals surface area contributed by atoms with Crippen LogP contribution in [-0.2, 0) is 23.9 Å². The summed E-state index contributed by atoms with van der Waals surface area (Å²) >= 11 is 0. The van der Waals surface area contributed by atoms with Gasteiger partial charge in [-0.2, -0.15) is 0 Å². The Morgan fingerprint density at radius 3 is 1.75 bits per heavy atom. The van der Waals surface area contributed by atoms with Crippen molar-refractivity contribution in [2.75, 3.05) is 7.11 Å². The summed E-state index contributed by atoms with van der Waals surface area (Å²) in [6.07, 6.45) is -3.61. The molecule has 0 heterocycles. The molecule has 3 unspecified atom stereocenters. The summed E-state index contributed by atoms with van der Waals surface area (Å²) in [5.41, 5.74) is 0. The third kappa shape index (κ3) is 3.83. The van der Waals surface area contributed by atoms with E-state index in [1.54, 1.807) is 0 Å². The van der Waals surface area contributed by atoms with Gasteiger partial charge < -0.3 is 24.8 Å². The Morgan fingerprint density at radius 1 is 1.00 bits per heavy atom. The van der Waals surface area contributed by atoms with Crippen molar-refractivity contribution < 1.29 is 39.2 Å². The van der Waals surface area contributed by atoms with Crippen molar-refractivity contribution in [3.8, 4) is 0 Å². The van der Waals surface area contributed by atoms with Crippen LogP contribution in [0.15, 0.2) is 0 Å². The van der Waals surface area contributed by atoms with E-state index in [1.165, 1.54) is 0 Å². The van der Waals surface area contributed by atoms with Gasteiger partial charge in [0.1, 0.15) is 0 Å². The van der Waals surface area contributed by atoms with Gasteiger partial charge in [0.15, 0.2) is 6.10 Å². The summed E-state index contributed by atoms with van der Waals surface area (Å²) in [5, 5.41) is 25.8. The molecule has 0 aliphatic heterocycles. The molecule has 0 rings (SSSR count). The van der Waals surface area contributed by atoms with Crippen LogP contribution in [0.3, 0.4) is 0 Å². The maximum absolute atomic E-state index is 10.7. The second-order valence-corrected chi connectivity index (χ2v) is 2.93. The normalized spacial score (nSPS) is 16.1. The van der Waals surface area contributed by atoms with Gasteiger partial charge in [-0.1, -0.05) is 0 Å². The Bertz CT molecular complexity index is 286. The third-order valence-corrected chi connectivity index (χ3v) is 1.77. The molecule has 16 heavy (non-hydrogen) atoms. The van der Waals surface area contributed by atoms with Crippen LogP contribution < -0.4 is 0 Å². The lowest BCUT2D eigenvalue weighted by atomic mass is 10.1. The van der Waals surface area contributed by atoms with E-state index in [0.29, 0.717) is 0 Å². The van der Waals surface area contributed by atoms with E-state index in [2.05, 4.69) is 9.47 Å². The van der Waals surface area contributed by atoms with Crippen LogP contribution in [0.5, 0.6) is 0 Å². The maximum Gasteiger partial charge on any atom is 0.361 e. The Kier molecular flexibility index (Phi) is 5.40. The van der Waals surface area contributed by atoms with Gasteiger partial charge in [-0.05, 0) is 6.92 Å². The topological polar surface area (TPSA) is 130 Å². The van der Waals surface area contributed by atoms with Crippen LogP contribution in [-0.4, -0.2) is 52.7 Å².